The quantitative estimate of drug-likeness (QED) is 0.214. The van der Waals surface area contributed by atoms with E-state index in [1.807, 2.05) is 55.4 Å². The zero-order valence-electron chi connectivity index (χ0n) is 24.9. The Balaban J connectivity index is 1.53. The van der Waals surface area contributed by atoms with Gasteiger partial charge >= 0.3 is 5.97 Å². The summed E-state index contributed by atoms with van der Waals surface area (Å²) in [6, 6.07) is 17.7. The number of aromatic nitrogens is 1. The SMILES string of the molecule is CCOC(=O)C1=C(C)N=c2sc(=Cc3ccc(OCc4ccc(Cl)cc4Cl)c(OC)c3)c(=O)n2C1c1ccc(N(C)C)cc1. The Morgan fingerprint density at radius 2 is 1.82 bits per heavy atom. The molecule has 1 aliphatic rings. The van der Waals surface area contributed by atoms with E-state index >= 15 is 0 Å². The van der Waals surface area contributed by atoms with Crippen LogP contribution >= 0.6 is 34.5 Å². The van der Waals surface area contributed by atoms with Gasteiger partial charge in [0.25, 0.3) is 5.56 Å². The molecule has 0 bridgehead atoms. The lowest BCUT2D eigenvalue weighted by Gasteiger charge is -2.25. The predicted octanol–water partition coefficient (Wildman–Crippen LogP) is 5.76. The van der Waals surface area contributed by atoms with Crippen molar-refractivity contribution in [2.75, 3.05) is 32.7 Å². The highest BCUT2D eigenvalue weighted by Gasteiger charge is 2.33. The van der Waals surface area contributed by atoms with E-state index in [0.29, 0.717) is 42.1 Å². The molecular weight excluding hydrogens is 621 g/mol. The molecule has 0 fully saturated rings. The molecule has 8 nitrogen and oxygen atoms in total. The lowest BCUT2D eigenvalue weighted by atomic mass is 9.95. The number of methoxy groups -OCH3 is 1. The van der Waals surface area contributed by atoms with Crippen LogP contribution in [0.25, 0.3) is 6.08 Å². The van der Waals surface area contributed by atoms with Crippen molar-refractivity contribution in [2.45, 2.75) is 26.5 Å². The third kappa shape index (κ3) is 6.40. The number of thiazole rings is 1. The molecule has 2 heterocycles. The monoisotopic (exact) mass is 651 g/mol. The maximum Gasteiger partial charge on any atom is 0.338 e. The molecule has 0 saturated carbocycles. The van der Waals surface area contributed by atoms with Gasteiger partial charge in [0.1, 0.15) is 6.61 Å². The number of nitrogens with zero attached hydrogens (tertiary/aromatic N) is 3. The van der Waals surface area contributed by atoms with Crippen molar-refractivity contribution in [3.05, 3.63) is 118 Å². The zero-order chi connectivity index (χ0) is 31.5. The maximum atomic E-state index is 14.0. The van der Waals surface area contributed by atoms with Crippen LogP contribution in [-0.4, -0.2) is 38.3 Å². The molecule has 1 atom stereocenters. The highest BCUT2D eigenvalue weighted by molar-refractivity contribution is 7.07. The first-order valence-corrected chi connectivity index (χ1v) is 15.4. The third-order valence-electron chi connectivity index (χ3n) is 7.13. The molecule has 1 unspecified atom stereocenters. The minimum absolute atomic E-state index is 0.209. The standard InChI is InChI=1S/C33H31Cl2N3O5S/c1-6-42-32(40)29-19(2)36-33-38(30(29)21-9-12-24(13-10-21)37(3)4)31(39)28(44-33)16-20-7-14-26(27(15-20)41-5)43-18-22-8-11-23(34)17-25(22)35/h7-17,30H,6,18H2,1-5H3. The van der Waals surface area contributed by atoms with Gasteiger partial charge in [-0.1, -0.05) is 58.8 Å². The lowest BCUT2D eigenvalue weighted by Crippen LogP contribution is -2.39. The fraction of sp³-hybridized carbons (Fsp3) is 0.242. The molecule has 3 aromatic carbocycles. The van der Waals surface area contributed by atoms with Gasteiger partial charge in [-0.3, -0.25) is 9.36 Å². The van der Waals surface area contributed by atoms with E-state index in [9.17, 15) is 9.59 Å². The Kier molecular flexibility index (Phi) is 9.48. The molecule has 0 spiro atoms. The van der Waals surface area contributed by atoms with Crippen LogP contribution in [0.1, 0.15) is 36.6 Å². The summed E-state index contributed by atoms with van der Waals surface area (Å²) in [4.78, 5) is 34.3. The topological polar surface area (TPSA) is 82.4 Å². The first-order chi connectivity index (χ1) is 21.1. The van der Waals surface area contributed by atoms with Gasteiger partial charge in [0.05, 0.1) is 35.6 Å². The van der Waals surface area contributed by atoms with Crippen molar-refractivity contribution in [3.8, 4) is 11.5 Å². The summed E-state index contributed by atoms with van der Waals surface area (Å²) in [6.45, 7) is 3.95. The van der Waals surface area contributed by atoms with Crippen molar-refractivity contribution in [1.29, 1.82) is 0 Å². The van der Waals surface area contributed by atoms with Crippen molar-refractivity contribution < 1.29 is 19.0 Å². The summed E-state index contributed by atoms with van der Waals surface area (Å²) in [5.74, 6) is 0.522. The number of rotatable bonds is 9. The number of allylic oxidation sites excluding steroid dienone is 1. The maximum absolute atomic E-state index is 14.0. The van der Waals surface area contributed by atoms with Crippen LogP contribution in [0.15, 0.2) is 81.7 Å². The summed E-state index contributed by atoms with van der Waals surface area (Å²) < 4.78 is 19.0. The van der Waals surface area contributed by atoms with Gasteiger partial charge in [-0.2, -0.15) is 0 Å². The van der Waals surface area contributed by atoms with Gasteiger partial charge in [0.15, 0.2) is 16.3 Å². The van der Waals surface area contributed by atoms with E-state index in [2.05, 4.69) is 4.99 Å². The van der Waals surface area contributed by atoms with Gasteiger partial charge in [0, 0.05) is 35.4 Å². The van der Waals surface area contributed by atoms with Gasteiger partial charge in [-0.25, -0.2) is 9.79 Å². The smallest absolute Gasteiger partial charge is 0.338 e. The largest absolute Gasteiger partial charge is 0.493 e. The van der Waals surface area contributed by atoms with Crippen LogP contribution < -0.4 is 29.3 Å². The number of esters is 1. The Hall–Kier alpha value is -4.05. The van der Waals surface area contributed by atoms with Gasteiger partial charge in [0.2, 0.25) is 0 Å². The number of fused-ring (bicyclic) bond motifs is 1. The average Bonchev–Trinajstić information content (AvgIpc) is 3.30. The molecule has 0 N–H and O–H groups in total. The van der Waals surface area contributed by atoms with Crippen LogP contribution in [0.2, 0.25) is 10.0 Å². The minimum atomic E-state index is -0.686. The number of anilines is 1. The van der Waals surface area contributed by atoms with Crippen molar-refractivity contribution in [2.24, 2.45) is 4.99 Å². The van der Waals surface area contributed by atoms with Crippen molar-refractivity contribution in [1.82, 2.24) is 4.57 Å². The molecule has 5 rings (SSSR count). The second-order valence-corrected chi connectivity index (χ2v) is 12.1. The predicted molar refractivity (Wildman–Crippen MR) is 175 cm³/mol. The second kappa shape index (κ2) is 13.3. The highest BCUT2D eigenvalue weighted by atomic mass is 35.5. The number of halogens is 2. The highest BCUT2D eigenvalue weighted by Crippen LogP contribution is 2.33. The fourth-order valence-corrected chi connectivity index (χ4v) is 6.41. The van der Waals surface area contributed by atoms with Crippen LogP contribution in [-0.2, 0) is 16.1 Å². The zero-order valence-corrected chi connectivity index (χ0v) is 27.2. The Morgan fingerprint density at radius 1 is 1.07 bits per heavy atom. The normalized spacial score (nSPS) is 14.6. The summed E-state index contributed by atoms with van der Waals surface area (Å²) >= 11 is 13.6. The van der Waals surface area contributed by atoms with E-state index in [0.717, 1.165) is 22.4 Å². The number of carbonyl (C=O) groups is 1. The number of ether oxygens (including phenoxy) is 3. The number of hydrogen-bond donors (Lipinski definition) is 0. The molecule has 228 valence electrons. The summed E-state index contributed by atoms with van der Waals surface area (Å²) in [5.41, 5.74) is 3.89. The Morgan fingerprint density at radius 3 is 2.48 bits per heavy atom. The van der Waals surface area contributed by atoms with E-state index in [-0.39, 0.29) is 18.8 Å². The van der Waals surface area contributed by atoms with Crippen LogP contribution in [0, 0.1) is 0 Å². The van der Waals surface area contributed by atoms with Crippen molar-refractivity contribution >= 4 is 52.3 Å². The van der Waals surface area contributed by atoms with Gasteiger partial charge < -0.3 is 19.1 Å². The molecule has 1 aliphatic heterocycles. The summed E-state index contributed by atoms with van der Waals surface area (Å²) in [6.07, 6.45) is 1.78. The third-order valence-corrected chi connectivity index (χ3v) is 8.70. The van der Waals surface area contributed by atoms with Gasteiger partial charge in [-0.15, -0.1) is 0 Å². The van der Waals surface area contributed by atoms with E-state index < -0.39 is 12.0 Å². The minimum Gasteiger partial charge on any atom is -0.493 e. The summed E-state index contributed by atoms with van der Waals surface area (Å²) in [5, 5.41) is 1.06. The Labute approximate surface area is 269 Å². The molecule has 0 radical (unpaired) electrons. The van der Waals surface area contributed by atoms with E-state index in [1.54, 1.807) is 55.9 Å². The van der Waals surface area contributed by atoms with Gasteiger partial charge in [-0.05, 0) is 67.4 Å². The van der Waals surface area contributed by atoms with E-state index in [1.165, 1.54) is 11.3 Å². The second-order valence-electron chi connectivity index (χ2n) is 10.2. The molecule has 1 aromatic heterocycles. The fourth-order valence-electron chi connectivity index (χ4n) is 4.90. The number of benzene rings is 3. The lowest BCUT2D eigenvalue weighted by molar-refractivity contribution is -0.139. The first kappa shape index (κ1) is 31.4. The number of carbonyl (C=O) groups excluding carboxylic acids is 1. The summed E-state index contributed by atoms with van der Waals surface area (Å²) in [7, 11) is 5.46. The average molecular weight is 653 g/mol. The molecule has 0 saturated heterocycles. The number of hydrogen-bond acceptors (Lipinski definition) is 8. The molecule has 4 aromatic rings. The molecule has 11 heteroatoms. The first-order valence-electron chi connectivity index (χ1n) is 13.8. The molecular formula is C33H31Cl2N3O5S. The van der Waals surface area contributed by atoms with Crippen LogP contribution in [0.4, 0.5) is 5.69 Å². The molecule has 0 amide bonds. The Bertz CT molecular complexity index is 1930. The molecule has 0 aliphatic carbocycles. The van der Waals surface area contributed by atoms with Crippen LogP contribution in [0.3, 0.4) is 0 Å². The van der Waals surface area contributed by atoms with E-state index in [4.69, 9.17) is 37.4 Å². The molecule has 44 heavy (non-hydrogen) atoms. The van der Waals surface area contributed by atoms with Crippen LogP contribution in [0.5, 0.6) is 11.5 Å². The van der Waals surface area contributed by atoms with Crippen molar-refractivity contribution in [3.63, 3.8) is 0 Å².